The van der Waals surface area contributed by atoms with E-state index in [2.05, 4.69) is 6.92 Å². The van der Waals surface area contributed by atoms with Crippen molar-refractivity contribution in [2.45, 2.75) is 56.8 Å². The minimum atomic E-state index is -0.502. The molecule has 1 N–H and O–H groups in total. The van der Waals surface area contributed by atoms with E-state index in [0.717, 1.165) is 18.6 Å². The maximum Gasteiger partial charge on any atom is 0.321 e. The van der Waals surface area contributed by atoms with Crippen LogP contribution >= 0.6 is 11.8 Å². The second-order valence-electron chi connectivity index (χ2n) is 4.23. The summed E-state index contributed by atoms with van der Waals surface area (Å²) in [5.74, 6) is 0.628. The fraction of sp³-hybridized carbons (Fsp3) is 0.917. The third-order valence-electron chi connectivity index (χ3n) is 2.79. The van der Waals surface area contributed by atoms with Crippen molar-refractivity contribution in [3.05, 3.63) is 0 Å². The molecular formula is C12H22O3S. The Bertz CT molecular complexity index is 208. The van der Waals surface area contributed by atoms with E-state index in [0.29, 0.717) is 13.0 Å². The average Bonchev–Trinajstić information content (AvgIpc) is 2.69. The third-order valence-corrected chi connectivity index (χ3v) is 4.12. The highest BCUT2D eigenvalue weighted by Crippen LogP contribution is 2.27. The van der Waals surface area contributed by atoms with Crippen molar-refractivity contribution in [3.8, 4) is 0 Å². The van der Waals surface area contributed by atoms with Gasteiger partial charge in [0, 0.05) is 0 Å². The normalized spacial score (nSPS) is 24.6. The molecule has 0 aromatic heterocycles. The van der Waals surface area contributed by atoms with Crippen LogP contribution in [-0.2, 0) is 9.53 Å². The topological polar surface area (TPSA) is 46.5 Å². The number of aliphatic hydroxyl groups excluding tert-OH is 1. The van der Waals surface area contributed by atoms with Crippen molar-refractivity contribution in [1.29, 1.82) is 0 Å². The molecule has 0 aliphatic carbocycles. The molecule has 2 atom stereocenters. The molecule has 0 spiro atoms. The molecular weight excluding hydrogens is 224 g/mol. The second kappa shape index (κ2) is 7.96. The van der Waals surface area contributed by atoms with Gasteiger partial charge in [0.15, 0.2) is 0 Å². The number of thioether (sulfide) groups is 1. The van der Waals surface area contributed by atoms with E-state index in [1.165, 1.54) is 31.0 Å². The summed E-state index contributed by atoms with van der Waals surface area (Å²) in [5.41, 5.74) is 0. The Balaban J connectivity index is 2.02. The number of esters is 1. The zero-order chi connectivity index (χ0) is 11.8. The van der Waals surface area contributed by atoms with Crippen LogP contribution in [0.3, 0.4) is 0 Å². The maximum absolute atomic E-state index is 11.5. The van der Waals surface area contributed by atoms with Gasteiger partial charge in [0.25, 0.3) is 0 Å². The van der Waals surface area contributed by atoms with Crippen LogP contribution in [0, 0.1) is 0 Å². The predicted molar refractivity (Wildman–Crippen MR) is 66.6 cm³/mol. The molecule has 0 saturated carbocycles. The molecule has 1 saturated heterocycles. The largest absolute Gasteiger partial charge is 0.465 e. The zero-order valence-electron chi connectivity index (χ0n) is 9.98. The van der Waals surface area contributed by atoms with Crippen LogP contribution in [0.15, 0.2) is 0 Å². The number of hydrogen-bond acceptors (Lipinski definition) is 4. The fourth-order valence-corrected chi connectivity index (χ4v) is 2.96. The van der Waals surface area contributed by atoms with Crippen molar-refractivity contribution in [3.63, 3.8) is 0 Å². The van der Waals surface area contributed by atoms with Crippen molar-refractivity contribution in [1.82, 2.24) is 0 Å². The lowest BCUT2D eigenvalue weighted by molar-refractivity contribution is -0.144. The van der Waals surface area contributed by atoms with E-state index < -0.39 is 6.10 Å². The third kappa shape index (κ3) is 4.74. The average molecular weight is 246 g/mol. The molecule has 1 rings (SSSR count). The minimum absolute atomic E-state index is 0.231. The lowest BCUT2D eigenvalue weighted by atomic mass is 10.2. The first-order valence-electron chi connectivity index (χ1n) is 6.22. The van der Waals surface area contributed by atoms with Crippen LogP contribution in [-0.4, -0.2) is 34.8 Å². The van der Waals surface area contributed by atoms with Gasteiger partial charge in [0.2, 0.25) is 0 Å². The van der Waals surface area contributed by atoms with Gasteiger partial charge in [-0.25, -0.2) is 0 Å². The monoisotopic (exact) mass is 246 g/mol. The zero-order valence-corrected chi connectivity index (χ0v) is 10.8. The summed E-state index contributed by atoms with van der Waals surface area (Å²) in [6, 6.07) is 0. The van der Waals surface area contributed by atoms with Gasteiger partial charge in [0.1, 0.15) is 5.25 Å². The standard InChI is InChI=1S/C12H22O3S/c1-2-3-4-5-6-8-15-12(14)11-10(13)7-9-16-11/h10-11,13H,2-9H2,1H3. The van der Waals surface area contributed by atoms with Crippen LogP contribution in [0.5, 0.6) is 0 Å². The molecule has 1 aliphatic rings. The Labute approximate surface area is 102 Å². The highest BCUT2D eigenvalue weighted by molar-refractivity contribution is 8.00. The molecule has 0 radical (unpaired) electrons. The molecule has 0 bridgehead atoms. The molecule has 1 heterocycles. The lowest BCUT2D eigenvalue weighted by Gasteiger charge is -2.12. The molecule has 0 amide bonds. The number of rotatable bonds is 7. The van der Waals surface area contributed by atoms with Gasteiger partial charge >= 0.3 is 5.97 Å². The molecule has 1 aliphatic heterocycles. The first-order chi connectivity index (χ1) is 7.75. The Hall–Kier alpha value is -0.220. The molecule has 2 unspecified atom stereocenters. The van der Waals surface area contributed by atoms with Gasteiger partial charge in [-0.3, -0.25) is 4.79 Å². The van der Waals surface area contributed by atoms with Gasteiger partial charge in [-0.15, -0.1) is 11.8 Å². The van der Waals surface area contributed by atoms with E-state index in [9.17, 15) is 9.90 Å². The quantitative estimate of drug-likeness (QED) is 0.553. The highest BCUT2D eigenvalue weighted by atomic mass is 32.2. The molecule has 1 fully saturated rings. The summed E-state index contributed by atoms with van der Waals surface area (Å²) in [6.45, 7) is 2.69. The lowest BCUT2D eigenvalue weighted by Crippen LogP contribution is -2.28. The second-order valence-corrected chi connectivity index (χ2v) is 5.48. The summed E-state index contributed by atoms with van der Waals surface area (Å²) in [7, 11) is 0. The van der Waals surface area contributed by atoms with Gasteiger partial charge in [0.05, 0.1) is 12.7 Å². The number of aliphatic hydroxyl groups is 1. The SMILES string of the molecule is CCCCCCCOC(=O)C1SCCC1O. The molecule has 3 nitrogen and oxygen atoms in total. The van der Waals surface area contributed by atoms with Crippen LogP contribution < -0.4 is 0 Å². The first-order valence-corrected chi connectivity index (χ1v) is 7.27. The summed E-state index contributed by atoms with van der Waals surface area (Å²) in [4.78, 5) is 11.5. The Morgan fingerprint density at radius 1 is 1.38 bits per heavy atom. The van der Waals surface area contributed by atoms with E-state index >= 15 is 0 Å². The van der Waals surface area contributed by atoms with Crippen molar-refractivity contribution < 1.29 is 14.6 Å². The van der Waals surface area contributed by atoms with Crippen molar-refractivity contribution in [2.75, 3.05) is 12.4 Å². The molecule has 94 valence electrons. The predicted octanol–water partition coefficient (Wildman–Crippen LogP) is 2.37. The van der Waals surface area contributed by atoms with Crippen molar-refractivity contribution in [2.24, 2.45) is 0 Å². The number of hydrogen-bond donors (Lipinski definition) is 1. The summed E-state index contributed by atoms with van der Waals surface area (Å²) >= 11 is 1.51. The molecule has 4 heteroatoms. The van der Waals surface area contributed by atoms with Gasteiger partial charge in [-0.2, -0.15) is 0 Å². The van der Waals surface area contributed by atoms with E-state index in [4.69, 9.17) is 4.74 Å². The number of carbonyl (C=O) groups is 1. The van der Waals surface area contributed by atoms with Gasteiger partial charge in [-0.1, -0.05) is 32.6 Å². The van der Waals surface area contributed by atoms with E-state index in [-0.39, 0.29) is 11.2 Å². The van der Waals surface area contributed by atoms with Crippen LogP contribution in [0.1, 0.15) is 45.4 Å². The highest BCUT2D eigenvalue weighted by Gasteiger charge is 2.33. The minimum Gasteiger partial charge on any atom is -0.465 e. The number of ether oxygens (including phenoxy) is 1. The van der Waals surface area contributed by atoms with Crippen LogP contribution in [0.4, 0.5) is 0 Å². The summed E-state index contributed by atoms with van der Waals surface area (Å²) in [6.07, 6.45) is 5.98. The Morgan fingerprint density at radius 3 is 2.75 bits per heavy atom. The molecule has 0 aromatic rings. The smallest absolute Gasteiger partial charge is 0.321 e. The number of unbranched alkanes of at least 4 members (excludes halogenated alkanes) is 4. The Kier molecular flexibility index (Phi) is 6.88. The van der Waals surface area contributed by atoms with Gasteiger partial charge < -0.3 is 9.84 Å². The molecule has 0 aromatic carbocycles. The van der Waals surface area contributed by atoms with E-state index in [1.807, 2.05) is 0 Å². The fourth-order valence-electron chi connectivity index (χ4n) is 1.76. The summed E-state index contributed by atoms with van der Waals surface area (Å²) in [5, 5.41) is 9.17. The van der Waals surface area contributed by atoms with E-state index in [1.54, 1.807) is 0 Å². The molecule has 16 heavy (non-hydrogen) atoms. The van der Waals surface area contributed by atoms with Crippen molar-refractivity contribution >= 4 is 17.7 Å². The van der Waals surface area contributed by atoms with Gasteiger partial charge in [-0.05, 0) is 18.6 Å². The number of carbonyl (C=O) groups excluding carboxylic acids is 1. The first kappa shape index (κ1) is 13.8. The Morgan fingerprint density at radius 2 is 2.12 bits per heavy atom. The van der Waals surface area contributed by atoms with Crippen LogP contribution in [0.25, 0.3) is 0 Å². The summed E-state index contributed by atoms with van der Waals surface area (Å²) < 4.78 is 5.16. The van der Waals surface area contributed by atoms with Crippen LogP contribution in [0.2, 0.25) is 0 Å². The maximum atomic E-state index is 11.5.